The number of benzene rings is 1. The van der Waals surface area contributed by atoms with Crippen molar-refractivity contribution in [3.63, 3.8) is 0 Å². The van der Waals surface area contributed by atoms with Crippen LogP contribution in [0.3, 0.4) is 0 Å². The van der Waals surface area contributed by atoms with Crippen LogP contribution in [0.15, 0.2) is 46.8 Å². The van der Waals surface area contributed by atoms with E-state index in [4.69, 9.17) is 0 Å². The summed E-state index contributed by atoms with van der Waals surface area (Å²) in [5.74, 6) is -0.105. The van der Waals surface area contributed by atoms with E-state index in [-0.39, 0.29) is 23.2 Å². The highest BCUT2D eigenvalue weighted by Crippen LogP contribution is 2.40. The number of phenolic OH excluding ortho intramolecular Hbond substituents is 1. The quantitative estimate of drug-likeness (QED) is 0.855. The zero-order valence-electron chi connectivity index (χ0n) is 14.4. The van der Waals surface area contributed by atoms with Gasteiger partial charge < -0.3 is 5.11 Å². The molecule has 2 aliphatic carbocycles. The number of nitrogens with one attached hydrogen (secondary N) is 1. The molecule has 6 heteroatoms. The molecule has 0 saturated carbocycles. The van der Waals surface area contributed by atoms with E-state index in [1.165, 1.54) is 24.3 Å². The van der Waals surface area contributed by atoms with Gasteiger partial charge in [0.05, 0.1) is 0 Å². The van der Waals surface area contributed by atoms with Crippen LogP contribution in [0.25, 0.3) is 0 Å². The summed E-state index contributed by atoms with van der Waals surface area (Å²) >= 11 is 0. The number of aromatic hydroxyl groups is 1. The van der Waals surface area contributed by atoms with Gasteiger partial charge in [0.15, 0.2) is 11.6 Å². The molecular formula is C20H20N2O4. The Morgan fingerprint density at radius 2 is 1.42 bits per heavy atom. The standard InChI is InChI=1S/C20H20N2O4/c23-13-9-7-12(8-10-13)20(26)21-22-16-3-1-5-18(24)14(16)11-15-17(22)4-2-6-19(15)25/h7-10,23H,1-6,11H2,(H,21,26). The van der Waals surface area contributed by atoms with Crippen molar-refractivity contribution in [2.75, 3.05) is 0 Å². The van der Waals surface area contributed by atoms with Crippen molar-refractivity contribution in [1.29, 1.82) is 0 Å². The fourth-order valence-corrected chi connectivity index (χ4v) is 3.91. The molecule has 0 atom stereocenters. The summed E-state index contributed by atoms with van der Waals surface area (Å²) in [5, 5.41) is 11.1. The van der Waals surface area contributed by atoms with Crippen LogP contribution < -0.4 is 5.43 Å². The number of Topliss-reactive ketones (excluding diaryl/α,β-unsaturated/α-hetero) is 2. The van der Waals surface area contributed by atoms with E-state index in [9.17, 15) is 19.5 Å². The second kappa shape index (κ2) is 6.44. The van der Waals surface area contributed by atoms with Crippen molar-refractivity contribution in [3.8, 4) is 5.75 Å². The first-order valence-electron chi connectivity index (χ1n) is 8.95. The summed E-state index contributed by atoms with van der Waals surface area (Å²) < 4.78 is 0. The summed E-state index contributed by atoms with van der Waals surface area (Å²) in [6, 6.07) is 5.98. The molecule has 4 rings (SSSR count). The number of nitrogens with zero attached hydrogens (tertiary/aromatic N) is 1. The Labute approximate surface area is 151 Å². The van der Waals surface area contributed by atoms with Gasteiger partial charge in [-0.25, -0.2) is 0 Å². The molecule has 1 aromatic carbocycles. The number of amides is 1. The first kappa shape index (κ1) is 16.6. The molecule has 1 aliphatic heterocycles. The highest BCUT2D eigenvalue weighted by Gasteiger charge is 2.37. The van der Waals surface area contributed by atoms with Gasteiger partial charge in [0.2, 0.25) is 0 Å². The molecule has 26 heavy (non-hydrogen) atoms. The van der Waals surface area contributed by atoms with E-state index < -0.39 is 0 Å². The van der Waals surface area contributed by atoms with Gasteiger partial charge in [0.1, 0.15) is 5.75 Å². The smallest absolute Gasteiger partial charge is 0.270 e. The van der Waals surface area contributed by atoms with Crippen molar-refractivity contribution in [2.45, 2.75) is 44.9 Å². The number of phenols is 1. The van der Waals surface area contributed by atoms with E-state index in [2.05, 4.69) is 5.43 Å². The number of hydrazine groups is 1. The molecule has 0 bridgehead atoms. The number of rotatable bonds is 2. The highest BCUT2D eigenvalue weighted by atomic mass is 16.3. The monoisotopic (exact) mass is 352 g/mol. The third-order valence-electron chi connectivity index (χ3n) is 5.24. The van der Waals surface area contributed by atoms with Crippen molar-refractivity contribution in [3.05, 3.63) is 52.4 Å². The number of carbonyl (C=O) groups excluding carboxylic acids is 3. The third kappa shape index (κ3) is 2.81. The van der Waals surface area contributed by atoms with Crippen LogP contribution in [0.5, 0.6) is 5.75 Å². The van der Waals surface area contributed by atoms with E-state index in [0.29, 0.717) is 48.8 Å². The molecule has 0 aromatic heterocycles. The lowest BCUT2D eigenvalue weighted by Crippen LogP contribution is -2.46. The number of allylic oxidation sites excluding steroid dienone is 4. The van der Waals surface area contributed by atoms with Crippen molar-refractivity contribution >= 4 is 17.5 Å². The van der Waals surface area contributed by atoms with Crippen molar-refractivity contribution < 1.29 is 19.5 Å². The van der Waals surface area contributed by atoms with Gasteiger partial charge >= 0.3 is 0 Å². The first-order valence-corrected chi connectivity index (χ1v) is 8.95. The van der Waals surface area contributed by atoms with Crippen LogP contribution in [0.2, 0.25) is 0 Å². The van der Waals surface area contributed by atoms with Crippen LogP contribution in [0.1, 0.15) is 55.3 Å². The maximum atomic E-state index is 12.7. The molecule has 0 radical (unpaired) electrons. The molecule has 1 amide bonds. The van der Waals surface area contributed by atoms with E-state index >= 15 is 0 Å². The molecule has 0 spiro atoms. The molecule has 1 aromatic rings. The van der Waals surface area contributed by atoms with Gasteiger partial charge in [-0.15, -0.1) is 0 Å². The Kier molecular flexibility index (Phi) is 4.11. The summed E-state index contributed by atoms with van der Waals surface area (Å²) in [6.07, 6.45) is 4.31. The first-order chi connectivity index (χ1) is 12.5. The zero-order valence-corrected chi connectivity index (χ0v) is 14.4. The van der Waals surface area contributed by atoms with Gasteiger partial charge in [0, 0.05) is 47.4 Å². The van der Waals surface area contributed by atoms with Crippen LogP contribution >= 0.6 is 0 Å². The van der Waals surface area contributed by atoms with Crippen molar-refractivity contribution in [1.82, 2.24) is 10.4 Å². The SMILES string of the molecule is O=C1CCCC2=C1CC1=C(CCCC1=O)N2NC(=O)c1ccc(O)cc1. The van der Waals surface area contributed by atoms with E-state index in [1.807, 2.05) is 0 Å². The molecule has 0 unspecified atom stereocenters. The maximum absolute atomic E-state index is 12.7. The minimum atomic E-state index is -0.332. The van der Waals surface area contributed by atoms with Crippen LogP contribution in [-0.4, -0.2) is 27.6 Å². The van der Waals surface area contributed by atoms with Gasteiger partial charge in [-0.3, -0.25) is 24.8 Å². The summed E-state index contributed by atoms with van der Waals surface area (Å²) in [6.45, 7) is 0. The second-order valence-corrected chi connectivity index (χ2v) is 6.90. The maximum Gasteiger partial charge on any atom is 0.270 e. The minimum absolute atomic E-state index is 0.0695. The normalized spacial score (nSPS) is 20.1. The second-order valence-electron chi connectivity index (χ2n) is 6.90. The molecule has 3 aliphatic rings. The van der Waals surface area contributed by atoms with Crippen molar-refractivity contribution in [2.24, 2.45) is 0 Å². The summed E-state index contributed by atoms with van der Waals surface area (Å²) in [7, 11) is 0. The summed E-state index contributed by atoms with van der Waals surface area (Å²) in [4.78, 5) is 37.5. The summed E-state index contributed by atoms with van der Waals surface area (Å²) in [5.41, 5.74) is 6.26. The molecule has 0 fully saturated rings. The molecule has 1 heterocycles. The van der Waals surface area contributed by atoms with Gasteiger partial charge in [-0.1, -0.05) is 0 Å². The number of hydrogen-bond donors (Lipinski definition) is 2. The zero-order chi connectivity index (χ0) is 18.3. The van der Waals surface area contributed by atoms with Gasteiger partial charge in [-0.2, -0.15) is 0 Å². The highest BCUT2D eigenvalue weighted by molar-refractivity contribution is 6.04. The fraction of sp³-hybridized carbons (Fsp3) is 0.350. The number of carbonyl (C=O) groups is 3. The number of hydrogen-bond acceptors (Lipinski definition) is 5. The predicted molar refractivity (Wildman–Crippen MR) is 93.8 cm³/mol. The Morgan fingerprint density at radius 3 is 1.96 bits per heavy atom. The molecular weight excluding hydrogens is 332 g/mol. The van der Waals surface area contributed by atoms with E-state index in [1.54, 1.807) is 5.01 Å². The average Bonchev–Trinajstić information content (AvgIpc) is 2.63. The lowest BCUT2D eigenvalue weighted by Gasteiger charge is -2.40. The van der Waals surface area contributed by atoms with Crippen LogP contribution in [0.4, 0.5) is 0 Å². The average molecular weight is 352 g/mol. The lowest BCUT2D eigenvalue weighted by molar-refractivity contribution is -0.117. The largest absolute Gasteiger partial charge is 0.508 e. The van der Waals surface area contributed by atoms with Gasteiger partial charge in [0.25, 0.3) is 5.91 Å². The molecule has 134 valence electrons. The molecule has 2 N–H and O–H groups in total. The fourth-order valence-electron chi connectivity index (χ4n) is 3.91. The third-order valence-corrected chi connectivity index (χ3v) is 5.24. The van der Waals surface area contributed by atoms with Crippen LogP contribution in [0, 0.1) is 0 Å². The predicted octanol–water partition coefficient (Wildman–Crippen LogP) is 2.76. The van der Waals surface area contributed by atoms with Gasteiger partial charge in [-0.05, 0) is 49.9 Å². The number of ketones is 2. The minimum Gasteiger partial charge on any atom is -0.508 e. The Hall–Kier alpha value is -2.89. The Bertz CT molecular complexity index is 822. The Morgan fingerprint density at radius 1 is 0.885 bits per heavy atom. The topological polar surface area (TPSA) is 86.7 Å². The molecule has 0 saturated heterocycles. The molecule has 6 nitrogen and oxygen atoms in total. The Balaban J connectivity index is 1.71. The van der Waals surface area contributed by atoms with Crippen LogP contribution in [-0.2, 0) is 9.59 Å². The lowest BCUT2D eigenvalue weighted by atomic mass is 9.81. The van der Waals surface area contributed by atoms with E-state index in [0.717, 1.165) is 24.2 Å².